The molecule has 0 spiro atoms. The molecule has 0 fully saturated rings. The SMILES string of the molecule is CC(=O)c1ccc(NC(=O)CSc2nc3ccccc3c(=O)n2CCCn2ccnc2)cc1. The van der Waals surface area contributed by atoms with Crippen molar-refractivity contribution in [2.45, 2.75) is 31.6 Å². The van der Waals surface area contributed by atoms with Gasteiger partial charge >= 0.3 is 0 Å². The fourth-order valence-electron chi connectivity index (χ4n) is 3.40. The number of carbonyl (C=O) groups excluding carboxylic acids is 2. The lowest BCUT2D eigenvalue weighted by Gasteiger charge is -2.13. The van der Waals surface area contributed by atoms with E-state index in [-0.39, 0.29) is 23.0 Å². The van der Waals surface area contributed by atoms with Gasteiger partial charge in [-0.25, -0.2) is 9.97 Å². The van der Waals surface area contributed by atoms with Crippen molar-refractivity contribution in [3.05, 3.63) is 83.2 Å². The highest BCUT2D eigenvalue weighted by Gasteiger charge is 2.13. The van der Waals surface area contributed by atoms with Gasteiger partial charge in [0.1, 0.15) is 0 Å². The fourth-order valence-corrected chi connectivity index (χ4v) is 4.23. The van der Waals surface area contributed by atoms with E-state index in [1.54, 1.807) is 53.5 Å². The third kappa shape index (κ3) is 5.56. The smallest absolute Gasteiger partial charge is 0.262 e. The fraction of sp³-hybridized carbons (Fsp3) is 0.208. The van der Waals surface area contributed by atoms with Gasteiger partial charge in [-0.1, -0.05) is 23.9 Å². The van der Waals surface area contributed by atoms with Crippen molar-refractivity contribution < 1.29 is 9.59 Å². The molecule has 1 amide bonds. The standard InChI is InChI=1S/C24H23N5O3S/c1-17(30)18-7-9-19(10-8-18)26-22(31)15-33-24-27-21-6-3-2-5-20(21)23(32)29(24)13-4-12-28-14-11-25-16-28/h2-3,5-11,14,16H,4,12-13,15H2,1H3,(H,26,31). The van der Waals surface area contributed by atoms with Crippen molar-refractivity contribution in [3.8, 4) is 0 Å². The third-order valence-electron chi connectivity index (χ3n) is 5.09. The minimum Gasteiger partial charge on any atom is -0.337 e. The molecule has 0 aliphatic heterocycles. The molecule has 9 heteroatoms. The minimum atomic E-state index is -0.219. The van der Waals surface area contributed by atoms with Crippen LogP contribution >= 0.6 is 11.8 Å². The molecule has 0 radical (unpaired) electrons. The maximum Gasteiger partial charge on any atom is 0.262 e. The molecule has 0 saturated carbocycles. The quantitative estimate of drug-likeness (QED) is 0.232. The van der Waals surface area contributed by atoms with Crippen LogP contribution in [0.15, 0.2) is 77.2 Å². The Morgan fingerprint density at radius 3 is 2.58 bits per heavy atom. The van der Waals surface area contributed by atoms with E-state index in [0.29, 0.717) is 33.9 Å². The van der Waals surface area contributed by atoms with Gasteiger partial charge in [-0.15, -0.1) is 0 Å². The number of aryl methyl sites for hydroxylation is 1. The van der Waals surface area contributed by atoms with Crippen molar-refractivity contribution in [3.63, 3.8) is 0 Å². The lowest BCUT2D eigenvalue weighted by atomic mass is 10.1. The van der Waals surface area contributed by atoms with Crippen LogP contribution in [0.4, 0.5) is 5.69 Å². The monoisotopic (exact) mass is 461 g/mol. The van der Waals surface area contributed by atoms with Crippen LogP contribution in [0.3, 0.4) is 0 Å². The Morgan fingerprint density at radius 2 is 1.85 bits per heavy atom. The van der Waals surface area contributed by atoms with Gasteiger partial charge in [-0.05, 0) is 49.7 Å². The summed E-state index contributed by atoms with van der Waals surface area (Å²) in [5, 5.41) is 3.88. The second-order valence-corrected chi connectivity index (χ2v) is 8.44. The van der Waals surface area contributed by atoms with Crippen molar-refractivity contribution in [1.29, 1.82) is 0 Å². The van der Waals surface area contributed by atoms with Crippen LogP contribution in [0.1, 0.15) is 23.7 Å². The highest BCUT2D eigenvalue weighted by atomic mass is 32.2. The molecule has 4 aromatic rings. The first-order valence-electron chi connectivity index (χ1n) is 10.5. The Hall–Kier alpha value is -3.72. The van der Waals surface area contributed by atoms with E-state index in [9.17, 15) is 14.4 Å². The first-order chi connectivity index (χ1) is 16.0. The molecule has 0 bridgehead atoms. The molecule has 0 atom stereocenters. The highest BCUT2D eigenvalue weighted by molar-refractivity contribution is 7.99. The van der Waals surface area contributed by atoms with Crippen LogP contribution in [0.5, 0.6) is 0 Å². The summed E-state index contributed by atoms with van der Waals surface area (Å²) >= 11 is 1.23. The van der Waals surface area contributed by atoms with Crippen molar-refractivity contribution >= 4 is 40.0 Å². The number of amides is 1. The topological polar surface area (TPSA) is 98.9 Å². The molecular formula is C24H23N5O3S. The van der Waals surface area contributed by atoms with Gasteiger partial charge in [0.15, 0.2) is 10.9 Å². The van der Waals surface area contributed by atoms with Crippen LogP contribution in [0, 0.1) is 0 Å². The summed E-state index contributed by atoms with van der Waals surface area (Å²) in [7, 11) is 0. The second-order valence-electron chi connectivity index (χ2n) is 7.49. The van der Waals surface area contributed by atoms with E-state index in [2.05, 4.69) is 15.3 Å². The number of nitrogens with zero attached hydrogens (tertiary/aromatic N) is 4. The molecule has 168 valence electrons. The summed E-state index contributed by atoms with van der Waals surface area (Å²) in [6, 6.07) is 14.0. The molecular weight excluding hydrogens is 438 g/mol. The zero-order valence-corrected chi connectivity index (χ0v) is 18.9. The summed E-state index contributed by atoms with van der Waals surface area (Å²) in [6.07, 6.45) is 6.06. The average Bonchev–Trinajstić information content (AvgIpc) is 3.33. The van der Waals surface area contributed by atoms with Crippen LogP contribution in [-0.4, -0.2) is 36.5 Å². The number of benzene rings is 2. The number of ketones is 1. The van der Waals surface area contributed by atoms with E-state index in [4.69, 9.17) is 0 Å². The first kappa shape index (κ1) is 22.5. The zero-order chi connectivity index (χ0) is 23.2. The molecule has 2 aromatic carbocycles. The summed E-state index contributed by atoms with van der Waals surface area (Å²) < 4.78 is 3.59. The van der Waals surface area contributed by atoms with E-state index in [1.807, 2.05) is 22.9 Å². The number of imidazole rings is 1. The molecule has 1 N–H and O–H groups in total. The molecule has 4 rings (SSSR count). The number of rotatable bonds is 9. The Labute approximate surface area is 194 Å². The summed E-state index contributed by atoms with van der Waals surface area (Å²) in [4.78, 5) is 45.7. The van der Waals surface area contributed by atoms with Crippen LogP contribution in [0.2, 0.25) is 0 Å². The molecule has 0 saturated heterocycles. The van der Waals surface area contributed by atoms with Gasteiger partial charge in [-0.3, -0.25) is 19.0 Å². The summed E-state index contributed by atoms with van der Waals surface area (Å²) in [5.74, 6) is -0.152. The molecule has 0 aliphatic rings. The van der Waals surface area contributed by atoms with E-state index in [1.165, 1.54) is 18.7 Å². The lowest BCUT2D eigenvalue weighted by molar-refractivity contribution is -0.113. The van der Waals surface area contributed by atoms with Crippen molar-refractivity contribution in [2.24, 2.45) is 0 Å². The Balaban J connectivity index is 1.48. The number of aromatic nitrogens is 4. The Morgan fingerprint density at radius 1 is 1.06 bits per heavy atom. The number of thioether (sulfide) groups is 1. The normalized spacial score (nSPS) is 10.9. The van der Waals surface area contributed by atoms with Gasteiger partial charge in [0, 0.05) is 36.7 Å². The van der Waals surface area contributed by atoms with Crippen molar-refractivity contribution in [1.82, 2.24) is 19.1 Å². The van der Waals surface area contributed by atoms with E-state index >= 15 is 0 Å². The largest absolute Gasteiger partial charge is 0.337 e. The number of hydrogen-bond donors (Lipinski definition) is 1. The van der Waals surface area contributed by atoms with Gasteiger partial charge in [0.25, 0.3) is 5.56 Å². The lowest BCUT2D eigenvalue weighted by Crippen LogP contribution is -2.25. The predicted octanol–water partition coefficient (Wildman–Crippen LogP) is 3.62. The van der Waals surface area contributed by atoms with Crippen molar-refractivity contribution in [2.75, 3.05) is 11.1 Å². The number of para-hydroxylation sites is 1. The molecule has 0 unspecified atom stereocenters. The van der Waals surface area contributed by atoms with E-state index in [0.717, 1.165) is 13.0 Å². The Kier molecular flexibility index (Phi) is 6.99. The molecule has 2 aromatic heterocycles. The molecule has 8 nitrogen and oxygen atoms in total. The molecule has 0 aliphatic carbocycles. The van der Waals surface area contributed by atoms with Gasteiger partial charge in [0.05, 0.1) is 23.0 Å². The average molecular weight is 462 g/mol. The number of hydrogen-bond acceptors (Lipinski definition) is 6. The molecule has 33 heavy (non-hydrogen) atoms. The van der Waals surface area contributed by atoms with Gasteiger partial charge in [-0.2, -0.15) is 0 Å². The Bertz CT molecular complexity index is 1330. The maximum absolute atomic E-state index is 13.1. The van der Waals surface area contributed by atoms with Gasteiger partial charge in [0.2, 0.25) is 5.91 Å². The van der Waals surface area contributed by atoms with Crippen LogP contribution in [-0.2, 0) is 17.9 Å². The zero-order valence-electron chi connectivity index (χ0n) is 18.1. The number of fused-ring (bicyclic) bond motifs is 1. The number of anilines is 1. The number of Topliss-reactive ketones (excluding diaryl/α,β-unsaturated/α-hetero) is 1. The molecule has 2 heterocycles. The summed E-state index contributed by atoms with van der Waals surface area (Å²) in [6.45, 7) is 2.70. The van der Waals surface area contributed by atoms with Crippen LogP contribution in [0.25, 0.3) is 10.9 Å². The summed E-state index contributed by atoms with van der Waals surface area (Å²) in [5.41, 5.74) is 1.68. The first-order valence-corrected chi connectivity index (χ1v) is 11.5. The third-order valence-corrected chi connectivity index (χ3v) is 6.07. The second kappa shape index (κ2) is 10.3. The number of carbonyl (C=O) groups is 2. The maximum atomic E-state index is 13.1. The minimum absolute atomic E-state index is 0.0307. The van der Waals surface area contributed by atoms with Gasteiger partial charge < -0.3 is 9.88 Å². The predicted molar refractivity (Wildman–Crippen MR) is 129 cm³/mol. The highest BCUT2D eigenvalue weighted by Crippen LogP contribution is 2.19. The van der Waals surface area contributed by atoms with Crippen LogP contribution < -0.4 is 10.9 Å². The van der Waals surface area contributed by atoms with E-state index < -0.39 is 0 Å². The number of nitrogens with one attached hydrogen (secondary N) is 1.